The second kappa shape index (κ2) is 12.2. The molecule has 0 bridgehead atoms. The molecule has 1 fully saturated rings. The standard InChI is InChI=1S/C27H29Br2N3O5/c1-4-36-27(34)16(2)37-24-21(35-3)14-18(22(28)23(24)29)15-30-32-25(17-10-6-5-7-11-17)31-20-13-9-8-12-19(20)26(32)33/h8-9,12-17H,4-7,10-11H2,1-3H3/t16-/m1/s1. The minimum absolute atomic E-state index is 0.174. The highest BCUT2D eigenvalue weighted by atomic mass is 79.9. The lowest BCUT2D eigenvalue weighted by Crippen LogP contribution is -2.26. The Bertz CT molecular complexity index is 1380. The second-order valence-corrected chi connectivity index (χ2v) is 10.4. The van der Waals surface area contributed by atoms with E-state index in [1.165, 1.54) is 18.2 Å². The largest absolute Gasteiger partial charge is 0.493 e. The number of halogens is 2. The molecule has 0 unspecified atom stereocenters. The Labute approximate surface area is 232 Å². The molecule has 0 spiro atoms. The van der Waals surface area contributed by atoms with Crippen molar-refractivity contribution in [2.45, 2.75) is 58.0 Å². The fourth-order valence-corrected chi connectivity index (χ4v) is 5.36. The van der Waals surface area contributed by atoms with Crippen LogP contribution in [0, 0.1) is 0 Å². The number of carbonyl (C=O) groups is 1. The fraction of sp³-hybridized carbons (Fsp3) is 0.407. The highest BCUT2D eigenvalue weighted by molar-refractivity contribution is 9.13. The molecular formula is C27H29Br2N3O5. The Hall–Kier alpha value is -2.72. The van der Waals surface area contributed by atoms with E-state index in [0.29, 0.717) is 42.7 Å². The summed E-state index contributed by atoms with van der Waals surface area (Å²) in [4.78, 5) is 30.4. The van der Waals surface area contributed by atoms with Gasteiger partial charge in [-0.2, -0.15) is 9.78 Å². The number of fused-ring (bicyclic) bond motifs is 1. The van der Waals surface area contributed by atoms with Crippen molar-refractivity contribution in [3.05, 3.63) is 61.0 Å². The molecule has 1 aliphatic rings. The number of esters is 1. The van der Waals surface area contributed by atoms with Crippen LogP contribution in [0.2, 0.25) is 0 Å². The van der Waals surface area contributed by atoms with Crippen LogP contribution in [0.15, 0.2) is 49.2 Å². The minimum atomic E-state index is -0.836. The molecule has 8 nitrogen and oxygen atoms in total. The SMILES string of the molecule is CCOC(=O)[C@@H](C)Oc1c(OC)cc(C=Nn2c(C3CCCCC3)nc3ccccc3c2=O)c(Br)c1Br. The van der Waals surface area contributed by atoms with Gasteiger partial charge in [-0.25, -0.2) is 9.78 Å². The molecule has 10 heteroatoms. The lowest BCUT2D eigenvalue weighted by molar-refractivity contribution is -0.150. The summed E-state index contributed by atoms with van der Waals surface area (Å²) in [6, 6.07) is 9.08. The van der Waals surface area contributed by atoms with Crippen molar-refractivity contribution in [2.75, 3.05) is 13.7 Å². The fourth-order valence-electron chi connectivity index (χ4n) is 4.44. The lowest BCUT2D eigenvalue weighted by atomic mass is 9.88. The zero-order valence-electron chi connectivity index (χ0n) is 21.0. The number of nitrogens with zero attached hydrogens (tertiary/aromatic N) is 3. The summed E-state index contributed by atoms with van der Waals surface area (Å²) in [6.07, 6.45) is 6.14. The summed E-state index contributed by atoms with van der Waals surface area (Å²) in [5, 5.41) is 5.14. The Morgan fingerprint density at radius 1 is 1.22 bits per heavy atom. The summed E-state index contributed by atoms with van der Waals surface area (Å²) < 4.78 is 19.0. The van der Waals surface area contributed by atoms with E-state index in [0.717, 1.165) is 25.7 Å². The van der Waals surface area contributed by atoms with E-state index in [-0.39, 0.29) is 18.1 Å². The van der Waals surface area contributed by atoms with Gasteiger partial charge in [0.2, 0.25) is 0 Å². The van der Waals surface area contributed by atoms with Crippen LogP contribution < -0.4 is 15.0 Å². The number of hydrogen-bond donors (Lipinski definition) is 0. The first-order valence-corrected chi connectivity index (χ1v) is 13.9. The van der Waals surface area contributed by atoms with Gasteiger partial charge in [0.05, 0.1) is 35.3 Å². The average molecular weight is 635 g/mol. The Morgan fingerprint density at radius 3 is 2.65 bits per heavy atom. The first-order chi connectivity index (χ1) is 17.8. The van der Waals surface area contributed by atoms with E-state index in [4.69, 9.17) is 19.2 Å². The maximum absolute atomic E-state index is 13.5. The number of hydrogen-bond acceptors (Lipinski definition) is 7. The third-order valence-corrected chi connectivity index (χ3v) is 8.49. The van der Waals surface area contributed by atoms with E-state index < -0.39 is 12.1 Å². The summed E-state index contributed by atoms with van der Waals surface area (Å²) >= 11 is 7.13. The highest BCUT2D eigenvalue weighted by Crippen LogP contribution is 2.43. The molecule has 0 N–H and O–H groups in total. The predicted molar refractivity (Wildman–Crippen MR) is 150 cm³/mol. The van der Waals surface area contributed by atoms with Crippen molar-refractivity contribution in [2.24, 2.45) is 5.10 Å². The molecule has 0 radical (unpaired) electrons. The van der Waals surface area contributed by atoms with Gasteiger partial charge in [0.25, 0.3) is 5.56 Å². The third kappa shape index (κ3) is 5.90. The van der Waals surface area contributed by atoms with Gasteiger partial charge in [0.1, 0.15) is 5.82 Å². The molecular weight excluding hydrogens is 606 g/mol. The number of benzene rings is 2. The van der Waals surface area contributed by atoms with Gasteiger partial charge < -0.3 is 14.2 Å². The number of aromatic nitrogens is 2. The average Bonchev–Trinajstić information content (AvgIpc) is 2.92. The van der Waals surface area contributed by atoms with Crippen LogP contribution in [0.1, 0.15) is 63.3 Å². The van der Waals surface area contributed by atoms with E-state index in [1.54, 1.807) is 32.2 Å². The van der Waals surface area contributed by atoms with Crippen LogP contribution >= 0.6 is 31.9 Å². The first-order valence-electron chi connectivity index (χ1n) is 12.3. The van der Waals surface area contributed by atoms with Gasteiger partial charge in [0, 0.05) is 16.0 Å². The van der Waals surface area contributed by atoms with E-state index in [9.17, 15) is 9.59 Å². The predicted octanol–water partition coefficient (Wildman–Crippen LogP) is 6.19. The number of para-hydroxylation sites is 1. The van der Waals surface area contributed by atoms with Crippen LogP contribution in [0.25, 0.3) is 10.9 Å². The molecule has 1 heterocycles. The normalized spacial score (nSPS) is 15.2. The molecule has 1 saturated carbocycles. The molecule has 37 heavy (non-hydrogen) atoms. The summed E-state index contributed by atoms with van der Waals surface area (Å²) in [6.45, 7) is 3.61. The maximum atomic E-state index is 13.5. The molecule has 0 saturated heterocycles. The zero-order valence-corrected chi connectivity index (χ0v) is 24.2. The molecule has 1 atom stereocenters. The highest BCUT2D eigenvalue weighted by Gasteiger charge is 2.24. The van der Waals surface area contributed by atoms with Gasteiger partial charge in [0.15, 0.2) is 17.6 Å². The van der Waals surface area contributed by atoms with Gasteiger partial charge >= 0.3 is 5.97 Å². The van der Waals surface area contributed by atoms with Gasteiger partial charge in [-0.05, 0) is 76.7 Å². The van der Waals surface area contributed by atoms with Crippen molar-refractivity contribution in [1.29, 1.82) is 0 Å². The van der Waals surface area contributed by atoms with Gasteiger partial charge in [-0.3, -0.25) is 4.79 Å². The van der Waals surface area contributed by atoms with Crippen LogP contribution in [0.3, 0.4) is 0 Å². The first kappa shape index (κ1) is 27.3. The Balaban J connectivity index is 1.76. The third-order valence-electron chi connectivity index (χ3n) is 6.35. The molecule has 1 aliphatic carbocycles. The Kier molecular flexibility index (Phi) is 9.02. The van der Waals surface area contributed by atoms with Crippen LogP contribution in [-0.4, -0.2) is 41.7 Å². The van der Waals surface area contributed by atoms with Crippen molar-refractivity contribution >= 4 is 54.9 Å². The Morgan fingerprint density at radius 2 is 1.95 bits per heavy atom. The van der Waals surface area contributed by atoms with Crippen molar-refractivity contribution in [3.63, 3.8) is 0 Å². The summed E-state index contributed by atoms with van der Waals surface area (Å²) in [7, 11) is 1.51. The topological polar surface area (TPSA) is 92.0 Å². The van der Waals surface area contributed by atoms with Crippen molar-refractivity contribution in [1.82, 2.24) is 9.66 Å². The zero-order chi connectivity index (χ0) is 26.5. The quantitative estimate of drug-likeness (QED) is 0.217. The van der Waals surface area contributed by atoms with Crippen molar-refractivity contribution in [3.8, 4) is 11.5 Å². The molecule has 0 aliphatic heterocycles. The molecule has 2 aromatic carbocycles. The van der Waals surface area contributed by atoms with Gasteiger partial charge in [-0.1, -0.05) is 31.4 Å². The van der Waals surface area contributed by atoms with Crippen LogP contribution in [0.5, 0.6) is 11.5 Å². The van der Waals surface area contributed by atoms with Crippen molar-refractivity contribution < 1.29 is 19.0 Å². The van der Waals surface area contributed by atoms with E-state index >= 15 is 0 Å². The second-order valence-electron chi connectivity index (χ2n) is 8.82. The van der Waals surface area contributed by atoms with E-state index in [2.05, 4.69) is 37.0 Å². The van der Waals surface area contributed by atoms with Crippen LogP contribution in [-0.2, 0) is 9.53 Å². The minimum Gasteiger partial charge on any atom is -0.493 e. The molecule has 3 aromatic rings. The van der Waals surface area contributed by atoms with Gasteiger partial charge in [-0.15, -0.1) is 0 Å². The maximum Gasteiger partial charge on any atom is 0.347 e. The number of ether oxygens (including phenoxy) is 3. The molecule has 0 amide bonds. The van der Waals surface area contributed by atoms with E-state index in [1.807, 2.05) is 18.2 Å². The molecule has 196 valence electrons. The monoisotopic (exact) mass is 633 g/mol. The number of rotatable bonds is 8. The summed E-state index contributed by atoms with van der Waals surface area (Å²) in [5.74, 6) is 1.12. The number of carbonyl (C=O) groups excluding carboxylic acids is 1. The summed E-state index contributed by atoms with van der Waals surface area (Å²) in [5.41, 5.74) is 1.13. The molecule has 1 aromatic heterocycles. The number of methoxy groups -OCH3 is 1. The lowest BCUT2D eigenvalue weighted by Gasteiger charge is -2.22. The van der Waals surface area contributed by atoms with Crippen LogP contribution in [0.4, 0.5) is 0 Å². The molecule has 4 rings (SSSR count). The smallest absolute Gasteiger partial charge is 0.347 e.